The molecule has 0 amide bonds. The van der Waals surface area contributed by atoms with E-state index in [-0.39, 0.29) is 42.7 Å². The van der Waals surface area contributed by atoms with E-state index in [9.17, 15) is 0 Å². The van der Waals surface area contributed by atoms with E-state index in [2.05, 4.69) is 27.7 Å². The summed E-state index contributed by atoms with van der Waals surface area (Å²) < 4.78 is 12.2. The van der Waals surface area contributed by atoms with Crippen LogP contribution in [-0.4, -0.2) is 13.2 Å². The Bertz CT molecular complexity index is 133. The van der Waals surface area contributed by atoms with Gasteiger partial charge in [-0.05, 0) is 0 Å². The molecular weight excluding hydrogens is 573 g/mol. The molecule has 0 N–H and O–H groups in total. The molecule has 0 aromatic carbocycles. The van der Waals surface area contributed by atoms with Crippen molar-refractivity contribution in [1.29, 1.82) is 0 Å². The number of hydrogen-bond acceptors (Lipinski definition) is 2. The molecule has 0 atom stereocenters. The normalized spacial score (nSPS) is 9.67. The first-order valence-electron chi connectivity index (χ1n) is 5.51. The van der Waals surface area contributed by atoms with Gasteiger partial charge in [-0.15, -0.1) is 0 Å². The fraction of sp³-hybridized carbons (Fsp3) is 1.00. The first-order valence-corrected chi connectivity index (χ1v) is 53.2. The maximum absolute atomic E-state index is 6.12. The van der Waals surface area contributed by atoms with Crippen LogP contribution >= 0.6 is 0 Å². The second kappa shape index (κ2) is 14.4. The van der Waals surface area contributed by atoms with Crippen molar-refractivity contribution in [3.05, 3.63) is 0 Å². The van der Waals surface area contributed by atoms with Crippen molar-refractivity contribution in [1.82, 2.24) is 0 Å². The molecule has 0 saturated heterocycles. The van der Waals surface area contributed by atoms with E-state index >= 15 is 0 Å². The summed E-state index contributed by atoms with van der Waals surface area (Å²) in [7, 11) is 0. The molecule has 0 aromatic rings. The molecule has 0 radical (unpaired) electrons. The van der Waals surface area contributed by atoms with E-state index in [0.29, 0.717) is 11.8 Å². The van der Waals surface area contributed by atoms with E-state index in [1.165, 1.54) is 0 Å². The Morgan fingerprint density at radius 2 is 1.53 bits per heavy atom. The van der Waals surface area contributed by atoms with Crippen LogP contribution in [-0.2, 0) is 91.3 Å². The minimum absolute atomic E-state index is 0.140. The van der Waals surface area contributed by atoms with Gasteiger partial charge in [-0.1, -0.05) is 0 Å². The van der Waals surface area contributed by atoms with Crippen LogP contribution in [0, 0.1) is 11.8 Å². The Labute approximate surface area is 138 Å². The zero-order valence-corrected chi connectivity index (χ0v) is 24.5. The minimum atomic E-state index is -1.72. The van der Waals surface area contributed by atoms with Crippen LogP contribution in [0.5, 0.6) is 0 Å². The van der Waals surface area contributed by atoms with E-state index in [0.717, 1.165) is 13.2 Å². The molecule has 0 unspecified atom stereocenters. The van der Waals surface area contributed by atoms with E-state index in [1.807, 2.05) is 0 Å². The SMILES string of the molecule is CC(C)C[O][Y]([O]CC(C)C)[Y][Y][Y][Y]. The van der Waals surface area contributed by atoms with Gasteiger partial charge in [-0.3, -0.25) is 0 Å². The molecule has 0 saturated carbocycles. The Kier molecular flexibility index (Phi) is 19.6. The predicted octanol–water partition coefficient (Wildman–Crippen LogP) is 2.23. The van der Waals surface area contributed by atoms with Gasteiger partial charge in [0.15, 0.2) is 0 Å². The topological polar surface area (TPSA) is 18.5 Å². The summed E-state index contributed by atoms with van der Waals surface area (Å²) in [6.45, 7) is 11.0. The second-order valence-electron chi connectivity index (χ2n) is 4.40. The molecule has 2 nitrogen and oxygen atoms in total. The predicted molar refractivity (Wildman–Crippen MR) is 41.6 cm³/mol. The molecule has 15 heavy (non-hydrogen) atoms. The van der Waals surface area contributed by atoms with Crippen LogP contribution in [0.25, 0.3) is 0 Å². The molecule has 7 heteroatoms. The van der Waals surface area contributed by atoms with E-state index < -0.39 is 21.0 Å². The fourth-order valence-electron chi connectivity index (χ4n) is 0.889. The van der Waals surface area contributed by atoms with Crippen LogP contribution in [0.15, 0.2) is 0 Å². The maximum atomic E-state index is 6.12. The summed E-state index contributed by atoms with van der Waals surface area (Å²) in [5.41, 5.74) is 0. The molecule has 0 bridgehead atoms. The van der Waals surface area contributed by atoms with Gasteiger partial charge >= 0.3 is 144 Å². The molecule has 0 aliphatic carbocycles. The molecule has 0 fully saturated rings. The molecule has 0 aliphatic rings. The molecule has 0 rings (SSSR count). The summed E-state index contributed by atoms with van der Waals surface area (Å²) in [5, 5.41) is 0. The van der Waals surface area contributed by atoms with Crippen LogP contribution in [0.1, 0.15) is 27.7 Å². The average Bonchev–Trinajstić information content (AvgIpc) is 2.16. The quantitative estimate of drug-likeness (QED) is 0.410. The zero-order valence-electron chi connectivity index (χ0n) is 10.3. The van der Waals surface area contributed by atoms with Gasteiger partial charge < -0.3 is 0 Å². The summed E-state index contributed by atoms with van der Waals surface area (Å²) >= 11 is 0.183. The van der Waals surface area contributed by atoms with E-state index in [1.54, 1.807) is 23.5 Å². The van der Waals surface area contributed by atoms with Crippen LogP contribution in [0.3, 0.4) is 0 Å². The molecule has 0 aliphatic heterocycles. The van der Waals surface area contributed by atoms with Crippen molar-refractivity contribution in [2.24, 2.45) is 11.8 Å². The molecular formula is C8H18O2Y5. The van der Waals surface area contributed by atoms with Gasteiger partial charge in [0.2, 0.25) is 0 Å². The van der Waals surface area contributed by atoms with Crippen LogP contribution in [0.4, 0.5) is 0 Å². The van der Waals surface area contributed by atoms with Crippen LogP contribution < -0.4 is 0 Å². The third-order valence-electron chi connectivity index (χ3n) is 1.57. The summed E-state index contributed by atoms with van der Waals surface area (Å²) in [6.07, 6.45) is 0. The van der Waals surface area contributed by atoms with Gasteiger partial charge in [-0.25, -0.2) is 0 Å². The van der Waals surface area contributed by atoms with Crippen molar-refractivity contribution in [2.45, 2.75) is 27.7 Å². The van der Waals surface area contributed by atoms with Gasteiger partial charge in [0.1, 0.15) is 0 Å². The average molecular weight is 591 g/mol. The van der Waals surface area contributed by atoms with Gasteiger partial charge in [-0.2, -0.15) is 0 Å². The first-order chi connectivity index (χ1) is 7.06. The Morgan fingerprint density at radius 1 is 1.07 bits per heavy atom. The Balaban J connectivity index is 3.73. The van der Waals surface area contributed by atoms with Crippen molar-refractivity contribution >= 4 is 0 Å². The summed E-state index contributed by atoms with van der Waals surface area (Å²) in [5.74, 6) is 1.42. The Morgan fingerprint density at radius 3 is 1.87 bits per heavy atom. The van der Waals surface area contributed by atoms with Gasteiger partial charge in [0.05, 0.1) is 0 Å². The molecule has 77 valence electrons. The van der Waals surface area contributed by atoms with Crippen molar-refractivity contribution in [3.8, 4) is 0 Å². The van der Waals surface area contributed by atoms with Gasteiger partial charge in [0, 0.05) is 0 Å². The summed E-state index contributed by atoms with van der Waals surface area (Å²) in [4.78, 5) is 0. The van der Waals surface area contributed by atoms with Crippen molar-refractivity contribution < 1.29 is 91.3 Å². The van der Waals surface area contributed by atoms with E-state index in [4.69, 9.17) is 4.10 Å². The molecule has 0 heterocycles. The first kappa shape index (κ1) is 20.4. The monoisotopic (exact) mass is 591 g/mol. The number of hydrogen-bond donors (Lipinski definition) is 0. The third kappa shape index (κ3) is 15.6. The molecule has 0 spiro atoms. The van der Waals surface area contributed by atoms with Crippen molar-refractivity contribution in [3.63, 3.8) is 0 Å². The Hall–Kier alpha value is 5.44. The number of rotatable bonds is 9. The zero-order chi connectivity index (χ0) is 11.7. The standard InChI is InChI=1S/2C4H9O.5Y/c2*1-4(2)3-5;;;;;/h2*4H,3H2,1-2H3;;;;;/q2*-1;;;;;+2. The summed E-state index contributed by atoms with van der Waals surface area (Å²) in [6, 6.07) is 0. The fourth-order valence-corrected chi connectivity index (χ4v) is 606. The van der Waals surface area contributed by atoms with Crippen molar-refractivity contribution in [2.75, 3.05) is 13.2 Å². The molecule has 0 aromatic heterocycles. The van der Waals surface area contributed by atoms with Gasteiger partial charge in [0.25, 0.3) is 0 Å². The van der Waals surface area contributed by atoms with Crippen LogP contribution in [0.2, 0.25) is 0 Å². The third-order valence-corrected chi connectivity index (χ3v) is 314. The second-order valence-corrected chi connectivity index (χ2v) is 135.